The van der Waals surface area contributed by atoms with Crippen molar-refractivity contribution >= 4 is 21.8 Å². The van der Waals surface area contributed by atoms with Gasteiger partial charge in [-0.05, 0) is 63.1 Å². The van der Waals surface area contributed by atoms with E-state index in [-0.39, 0.29) is 22.1 Å². The molecular weight excluding hydrogens is 446 g/mol. The Morgan fingerprint density at radius 3 is 2.15 bits per heavy atom. The number of hydrogen-bond acceptors (Lipinski definition) is 6. The summed E-state index contributed by atoms with van der Waals surface area (Å²) in [5, 5.41) is 0. The van der Waals surface area contributed by atoms with Gasteiger partial charge in [0.2, 0.25) is 10.0 Å². The lowest BCUT2D eigenvalue weighted by Gasteiger charge is -2.26. The molecule has 2 aromatic rings. The molecular formula is C23H29N3O6S. The van der Waals surface area contributed by atoms with E-state index in [1.165, 1.54) is 41.7 Å². The molecule has 9 nitrogen and oxygen atoms in total. The Morgan fingerprint density at radius 2 is 1.55 bits per heavy atom. The van der Waals surface area contributed by atoms with Crippen LogP contribution in [-0.2, 0) is 10.0 Å². The second kappa shape index (κ2) is 10.7. The van der Waals surface area contributed by atoms with Crippen LogP contribution in [0.1, 0.15) is 53.8 Å². The number of methoxy groups -OCH3 is 1. The van der Waals surface area contributed by atoms with E-state index in [9.17, 15) is 18.0 Å². The molecule has 2 aromatic carbocycles. The van der Waals surface area contributed by atoms with Gasteiger partial charge in [0.25, 0.3) is 11.8 Å². The highest BCUT2D eigenvalue weighted by Crippen LogP contribution is 2.29. The summed E-state index contributed by atoms with van der Waals surface area (Å²) >= 11 is 0. The highest BCUT2D eigenvalue weighted by Gasteiger charge is 2.26. The SMILES string of the molecule is COc1cc(C(=O)NNC(=O)c2cccc(S(=O)(=O)N3CCCCC3)c2)ccc1OC(C)C. The van der Waals surface area contributed by atoms with Crippen LogP contribution in [0.5, 0.6) is 11.5 Å². The smallest absolute Gasteiger partial charge is 0.269 e. The van der Waals surface area contributed by atoms with Gasteiger partial charge >= 0.3 is 0 Å². The lowest BCUT2D eigenvalue weighted by atomic mass is 10.2. The van der Waals surface area contributed by atoms with Crippen LogP contribution in [0.3, 0.4) is 0 Å². The molecule has 1 fully saturated rings. The number of sulfonamides is 1. The molecule has 0 unspecified atom stereocenters. The second-order valence-corrected chi connectivity index (χ2v) is 9.87. The fourth-order valence-corrected chi connectivity index (χ4v) is 5.03. The van der Waals surface area contributed by atoms with E-state index in [2.05, 4.69) is 10.9 Å². The standard InChI is InChI=1S/C23H29N3O6S/c1-16(2)32-20-11-10-18(15-21(20)31-3)23(28)25-24-22(27)17-8-7-9-19(14-17)33(29,30)26-12-5-4-6-13-26/h7-11,14-16H,4-6,12-13H2,1-3H3,(H,24,27)(H,25,28). The summed E-state index contributed by atoms with van der Waals surface area (Å²) in [5.41, 5.74) is 5.03. The quantitative estimate of drug-likeness (QED) is 0.595. The number of hydrogen-bond donors (Lipinski definition) is 2. The molecule has 2 N–H and O–H groups in total. The van der Waals surface area contributed by atoms with Crippen molar-refractivity contribution in [3.05, 3.63) is 53.6 Å². The van der Waals surface area contributed by atoms with Crippen LogP contribution in [0.4, 0.5) is 0 Å². The Bertz CT molecular complexity index is 1110. The average Bonchev–Trinajstić information content (AvgIpc) is 2.82. The number of benzene rings is 2. The summed E-state index contributed by atoms with van der Waals surface area (Å²) < 4.78 is 38.1. The Morgan fingerprint density at radius 1 is 0.909 bits per heavy atom. The maximum atomic E-state index is 12.9. The fourth-order valence-electron chi connectivity index (χ4n) is 3.47. The molecule has 3 rings (SSSR count). The number of amides is 2. The maximum absolute atomic E-state index is 12.9. The van der Waals surface area contributed by atoms with Gasteiger partial charge in [-0.3, -0.25) is 20.4 Å². The monoisotopic (exact) mass is 475 g/mol. The molecule has 1 heterocycles. The number of piperidine rings is 1. The van der Waals surface area contributed by atoms with Crippen LogP contribution < -0.4 is 20.3 Å². The molecule has 2 amide bonds. The second-order valence-electron chi connectivity index (χ2n) is 7.93. The van der Waals surface area contributed by atoms with Crippen LogP contribution >= 0.6 is 0 Å². The van der Waals surface area contributed by atoms with E-state index in [1.54, 1.807) is 12.1 Å². The number of nitrogens with one attached hydrogen (secondary N) is 2. The number of carbonyl (C=O) groups is 2. The van der Waals surface area contributed by atoms with E-state index in [0.29, 0.717) is 24.6 Å². The molecule has 1 aliphatic rings. The summed E-state index contributed by atoms with van der Waals surface area (Å²) in [6, 6.07) is 10.4. The average molecular weight is 476 g/mol. The topological polar surface area (TPSA) is 114 Å². The molecule has 0 atom stereocenters. The largest absolute Gasteiger partial charge is 0.493 e. The first-order valence-electron chi connectivity index (χ1n) is 10.8. The number of nitrogens with zero attached hydrogens (tertiary/aromatic N) is 1. The van der Waals surface area contributed by atoms with Gasteiger partial charge in [-0.2, -0.15) is 4.31 Å². The van der Waals surface area contributed by atoms with Gasteiger partial charge in [-0.1, -0.05) is 12.5 Å². The molecule has 1 saturated heterocycles. The number of rotatable bonds is 7. The zero-order chi connectivity index (χ0) is 24.0. The van der Waals surface area contributed by atoms with Crippen LogP contribution in [0, 0.1) is 0 Å². The fraction of sp³-hybridized carbons (Fsp3) is 0.391. The van der Waals surface area contributed by atoms with Gasteiger partial charge in [-0.25, -0.2) is 8.42 Å². The molecule has 0 bridgehead atoms. The van der Waals surface area contributed by atoms with Gasteiger partial charge in [0.1, 0.15) is 0 Å². The normalized spacial score (nSPS) is 14.5. The van der Waals surface area contributed by atoms with Gasteiger partial charge in [0, 0.05) is 24.2 Å². The summed E-state index contributed by atoms with van der Waals surface area (Å²) in [6.07, 6.45) is 2.59. The first-order chi connectivity index (χ1) is 15.7. The van der Waals surface area contributed by atoms with Gasteiger partial charge in [0.05, 0.1) is 18.1 Å². The highest BCUT2D eigenvalue weighted by atomic mass is 32.2. The third kappa shape index (κ3) is 6.02. The van der Waals surface area contributed by atoms with E-state index in [1.807, 2.05) is 13.8 Å². The Labute approximate surface area is 194 Å². The van der Waals surface area contributed by atoms with E-state index < -0.39 is 21.8 Å². The van der Waals surface area contributed by atoms with Crippen molar-refractivity contribution in [2.75, 3.05) is 20.2 Å². The number of carbonyl (C=O) groups excluding carboxylic acids is 2. The molecule has 0 aromatic heterocycles. The first-order valence-corrected chi connectivity index (χ1v) is 12.2. The summed E-state index contributed by atoms with van der Waals surface area (Å²) in [4.78, 5) is 25.1. The Kier molecular flexibility index (Phi) is 7.93. The van der Waals surface area contributed by atoms with Crippen molar-refractivity contribution in [1.29, 1.82) is 0 Å². The van der Waals surface area contributed by atoms with Gasteiger partial charge < -0.3 is 9.47 Å². The third-order valence-corrected chi connectivity index (χ3v) is 7.02. The minimum absolute atomic E-state index is 0.0499. The van der Waals surface area contributed by atoms with Crippen molar-refractivity contribution < 1.29 is 27.5 Å². The molecule has 1 aliphatic heterocycles. The summed E-state index contributed by atoms with van der Waals surface area (Å²) in [6.45, 7) is 4.70. The predicted molar refractivity (Wildman–Crippen MR) is 123 cm³/mol. The molecule has 0 saturated carbocycles. The Hall–Kier alpha value is -3.11. The van der Waals surface area contributed by atoms with Crippen molar-refractivity contribution in [2.24, 2.45) is 0 Å². The molecule has 10 heteroatoms. The molecule has 178 valence electrons. The van der Waals surface area contributed by atoms with Crippen molar-refractivity contribution in [3.63, 3.8) is 0 Å². The van der Waals surface area contributed by atoms with Gasteiger partial charge in [0.15, 0.2) is 11.5 Å². The molecule has 0 radical (unpaired) electrons. The van der Waals surface area contributed by atoms with Crippen molar-refractivity contribution in [2.45, 2.75) is 44.1 Å². The molecule has 33 heavy (non-hydrogen) atoms. The Balaban J connectivity index is 1.67. The summed E-state index contributed by atoms with van der Waals surface area (Å²) in [5.74, 6) is -0.307. The predicted octanol–water partition coefficient (Wildman–Crippen LogP) is 2.73. The number of hydrazine groups is 1. The van der Waals surface area contributed by atoms with Crippen molar-refractivity contribution in [1.82, 2.24) is 15.2 Å². The van der Waals surface area contributed by atoms with E-state index in [4.69, 9.17) is 9.47 Å². The molecule has 0 aliphatic carbocycles. The minimum Gasteiger partial charge on any atom is -0.493 e. The lowest BCUT2D eigenvalue weighted by molar-refractivity contribution is 0.0846. The van der Waals surface area contributed by atoms with Crippen LogP contribution in [0.2, 0.25) is 0 Å². The zero-order valence-electron chi connectivity index (χ0n) is 19.0. The minimum atomic E-state index is -3.67. The third-order valence-electron chi connectivity index (χ3n) is 5.13. The number of ether oxygens (including phenoxy) is 2. The van der Waals surface area contributed by atoms with Gasteiger partial charge in [-0.15, -0.1) is 0 Å². The summed E-state index contributed by atoms with van der Waals surface area (Å²) in [7, 11) is -2.20. The maximum Gasteiger partial charge on any atom is 0.269 e. The highest BCUT2D eigenvalue weighted by molar-refractivity contribution is 7.89. The van der Waals surface area contributed by atoms with Crippen molar-refractivity contribution in [3.8, 4) is 11.5 Å². The van der Waals surface area contributed by atoms with E-state index >= 15 is 0 Å². The van der Waals surface area contributed by atoms with Crippen LogP contribution in [0.25, 0.3) is 0 Å². The van der Waals surface area contributed by atoms with Crippen LogP contribution in [0.15, 0.2) is 47.4 Å². The lowest BCUT2D eigenvalue weighted by Crippen LogP contribution is -2.41. The van der Waals surface area contributed by atoms with Crippen LogP contribution in [-0.4, -0.2) is 50.8 Å². The van der Waals surface area contributed by atoms with E-state index in [0.717, 1.165) is 19.3 Å². The molecule has 0 spiro atoms. The first kappa shape index (κ1) is 24.5. The zero-order valence-corrected chi connectivity index (χ0v) is 19.8.